The van der Waals surface area contributed by atoms with E-state index in [2.05, 4.69) is 17.6 Å². The first-order valence-corrected chi connectivity index (χ1v) is 9.89. The number of carbonyl (C=O) groups excluding carboxylic acids is 1. The van der Waals surface area contributed by atoms with Gasteiger partial charge in [-0.25, -0.2) is 4.79 Å². The van der Waals surface area contributed by atoms with Gasteiger partial charge in [0, 0.05) is 10.4 Å². The molecule has 0 aliphatic carbocycles. The number of urea groups is 1. The van der Waals surface area contributed by atoms with Crippen molar-refractivity contribution in [3.8, 4) is 6.07 Å². The number of hydrogen-bond acceptors (Lipinski definition) is 4. The topological polar surface area (TPSA) is 56.1 Å². The smallest absolute Gasteiger partial charge is 0.308 e. The number of anilines is 1. The van der Waals surface area contributed by atoms with Crippen LogP contribution in [0, 0.1) is 18.3 Å². The number of nitrogens with one attached hydrogen (secondary N) is 1. The Morgan fingerprint density at radius 2 is 2.17 bits per heavy atom. The van der Waals surface area contributed by atoms with Crippen molar-refractivity contribution in [3.63, 3.8) is 0 Å². The number of amides is 2. The van der Waals surface area contributed by atoms with Crippen molar-refractivity contribution >= 4 is 35.2 Å². The molecule has 0 radical (unpaired) electrons. The number of thioether (sulfide) groups is 2. The molecule has 1 fully saturated rings. The predicted molar refractivity (Wildman–Crippen MR) is 99.9 cm³/mol. The van der Waals surface area contributed by atoms with Gasteiger partial charge >= 0.3 is 6.03 Å². The van der Waals surface area contributed by atoms with Gasteiger partial charge in [0.2, 0.25) is 0 Å². The number of hydrogen-bond donors (Lipinski definition) is 1. The van der Waals surface area contributed by atoms with Crippen LogP contribution in [0.3, 0.4) is 0 Å². The summed E-state index contributed by atoms with van der Waals surface area (Å²) in [5.74, 6) is 0.972. The molecule has 2 unspecified atom stereocenters. The number of rotatable bonds is 4. The quantitative estimate of drug-likeness (QED) is 0.879. The summed E-state index contributed by atoms with van der Waals surface area (Å²) in [7, 11) is 0. The maximum atomic E-state index is 12.8. The number of aryl methyl sites for hydroxylation is 1. The van der Waals surface area contributed by atoms with E-state index in [9.17, 15) is 10.1 Å². The molecular weight excluding hydrogens is 326 g/mol. The van der Waals surface area contributed by atoms with Gasteiger partial charge in [-0.1, -0.05) is 18.2 Å². The molecule has 1 aromatic carbocycles. The number of nitriles is 1. The van der Waals surface area contributed by atoms with Crippen LogP contribution >= 0.6 is 23.5 Å². The Bertz CT molecular complexity index is 612. The van der Waals surface area contributed by atoms with Gasteiger partial charge in [-0.2, -0.15) is 17.0 Å². The molecule has 124 valence electrons. The molecule has 2 rings (SSSR count). The second kappa shape index (κ2) is 7.50. The molecule has 2 amide bonds. The molecule has 1 aliphatic rings. The summed E-state index contributed by atoms with van der Waals surface area (Å²) in [6, 6.07) is 9.41. The Morgan fingerprint density at radius 3 is 2.78 bits per heavy atom. The molecule has 1 aromatic rings. The van der Waals surface area contributed by atoms with Crippen molar-refractivity contribution in [1.29, 1.82) is 5.26 Å². The zero-order chi connectivity index (χ0) is 17.0. The molecule has 23 heavy (non-hydrogen) atoms. The predicted octanol–water partition coefficient (Wildman–Crippen LogP) is 4.33. The SMILES string of the molecule is CSCCC1SC(C)(C)C(C#N)N1C(=O)Nc1ccccc1C. The first kappa shape index (κ1) is 18.0. The van der Waals surface area contributed by atoms with Crippen molar-refractivity contribution in [3.05, 3.63) is 29.8 Å². The fraction of sp³-hybridized carbons (Fsp3) is 0.529. The lowest BCUT2D eigenvalue weighted by atomic mass is 10.0. The number of carbonyl (C=O) groups is 1. The number of nitrogens with zero attached hydrogens (tertiary/aromatic N) is 2. The standard InChI is InChI=1S/C17H23N3OS2/c1-12-7-5-6-8-13(12)19-16(21)20-14(11-18)17(2,3)23-15(20)9-10-22-4/h5-8,14-15H,9-10H2,1-4H3,(H,19,21). The van der Waals surface area contributed by atoms with E-state index in [1.165, 1.54) is 0 Å². The highest BCUT2D eigenvalue weighted by atomic mass is 32.2. The molecule has 6 heteroatoms. The number of para-hydroxylation sites is 1. The average Bonchev–Trinajstić information content (AvgIpc) is 2.77. The minimum absolute atomic E-state index is 0.0334. The van der Waals surface area contributed by atoms with Crippen molar-refractivity contribution in [2.24, 2.45) is 0 Å². The lowest BCUT2D eigenvalue weighted by Gasteiger charge is -2.28. The Balaban J connectivity index is 2.23. The molecule has 0 aromatic heterocycles. The van der Waals surface area contributed by atoms with Gasteiger partial charge in [0.25, 0.3) is 0 Å². The largest absolute Gasteiger partial charge is 0.323 e. The lowest BCUT2D eigenvalue weighted by Crippen LogP contribution is -2.47. The molecule has 1 saturated heterocycles. The fourth-order valence-electron chi connectivity index (χ4n) is 2.75. The van der Waals surface area contributed by atoms with E-state index in [-0.39, 0.29) is 16.2 Å². The van der Waals surface area contributed by atoms with Crippen LogP contribution in [0.25, 0.3) is 0 Å². The van der Waals surface area contributed by atoms with Gasteiger partial charge in [0.1, 0.15) is 6.04 Å². The third kappa shape index (κ3) is 3.96. The first-order valence-electron chi connectivity index (χ1n) is 7.62. The summed E-state index contributed by atoms with van der Waals surface area (Å²) in [5.41, 5.74) is 1.81. The second-order valence-electron chi connectivity index (χ2n) is 6.14. The van der Waals surface area contributed by atoms with Gasteiger partial charge in [0.15, 0.2) is 0 Å². The third-order valence-corrected chi connectivity index (χ3v) is 6.21. The van der Waals surface area contributed by atoms with E-state index in [0.717, 1.165) is 23.4 Å². The maximum absolute atomic E-state index is 12.8. The van der Waals surface area contributed by atoms with E-state index >= 15 is 0 Å². The minimum Gasteiger partial charge on any atom is -0.308 e. The molecule has 0 saturated carbocycles. The second-order valence-corrected chi connectivity index (χ2v) is 8.96. The summed E-state index contributed by atoms with van der Waals surface area (Å²) in [6.07, 6.45) is 2.94. The van der Waals surface area contributed by atoms with Gasteiger partial charge < -0.3 is 5.32 Å². The Kier molecular flexibility index (Phi) is 5.88. The summed E-state index contributed by atoms with van der Waals surface area (Å²) >= 11 is 3.48. The monoisotopic (exact) mass is 349 g/mol. The van der Waals surface area contributed by atoms with Crippen LogP contribution in [-0.2, 0) is 0 Å². The number of benzene rings is 1. The Hall–Kier alpha value is -1.32. The van der Waals surface area contributed by atoms with Crippen LogP contribution in [0.1, 0.15) is 25.8 Å². The summed E-state index contributed by atoms with van der Waals surface area (Å²) < 4.78 is -0.263. The molecule has 1 heterocycles. The van der Waals surface area contributed by atoms with E-state index in [1.807, 2.05) is 45.0 Å². The molecule has 1 aliphatic heterocycles. The van der Waals surface area contributed by atoms with Crippen LogP contribution in [0.2, 0.25) is 0 Å². The Morgan fingerprint density at radius 1 is 1.48 bits per heavy atom. The minimum atomic E-state index is -0.427. The lowest BCUT2D eigenvalue weighted by molar-refractivity contribution is 0.194. The Labute approximate surface area is 147 Å². The van der Waals surface area contributed by atoms with E-state index in [1.54, 1.807) is 28.4 Å². The molecule has 0 bridgehead atoms. The van der Waals surface area contributed by atoms with E-state index < -0.39 is 6.04 Å². The molecule has 1 N–H and O–H groups in total. The normalized spacial score (nSPS) is 22.7. The zero-order valence-electron chi connectivity index (χ0n) is 14.0. The van der Waals surface area contributed by atoms with Gasteiger partial charge in [0.05, 0.1) is 11.4 Å². The van der Waals surface area contributed by atoms with Gasteiger partial charge in [-0.3, -0.25) is 4.90 Å². The molecule has 2 atom stereocenters. The van der Waals surface area contributed by atoms with Crippen LogP contribution < -0.4 is 5.32 Å². The maximum Gasteiger partial charge on any atom is 0.323 e. The zero-order valence-corrected chi connectivity index (χ0v) is 15.6. The van der Waals surface area contributed by atoms with Crippen molar-refractivity contribution < 1.29 is 4.79 Å². The van der Waals surface area contributed by atoms with Gasteiger partial charge in [-0.15, -0.1) is 11.8 Å². The summed E-state index contributed by atoms with van der Waals surface area (Å²) in [4.78, 5) is 14.6. The highest BCUT2D eigenvalue weighted by Crippen LogP contribution is 2.45. The van der Waals surface area contributed by atoms with E-state index in [4.69, 9.17) is 0 Å². The van der Waals surface area contributed by atoms with Crippen LogP contribution in [0.5, 0.6) is 0 Å². The average molecular weight is 350 g/mol. The van der Waals surface area contributed by atoms with Crippen LogP contribution in [0.4, 0.5) is 10.5 Å². The molecule has 4 nitrogen and oxygen atoms in total. The molecule has 0 spiro atoms. The highest BCUT2D eigenvalue weighted by Gasteiger charge is 2.49. The fourth-order valence-corrected chi connectivity index (χ4v) is 4.92. The van der Waals surface area contributed by atoms with E-state index in [0.29, 0.717) is 0 Å². The molecular formula is C17H23N3OS2. The van der Waals surface area contributed by atoms with Crippen molar-refractivity contribution in [2.45, 2.75) is 43.4 Å². The third-order valence-electron chi connectivity index (χ3n) is 4.00. The van der Waals surface area contributed by atoms with Gasteiger partial charge in [-0.05, 0) is 50.8 Å². The van der Waals surface area contributed by atoms with Crippen LogP contribution in [-0.4, -0.2) is 39.1 Å². The summed E-state index contributed by atoms with van der Waals surface area (Å²) in [5, 5.41) is 12.6. The first-order chi connectivity index (χ1) is 10.9. The van der Waals surface area contributed by atoms with Crippen LogP contribution in [0.15, 0.2) is 24.3 Å². The highest BCUT2D eigenvalue weighted by molar-refractivity contribution is 8.01. The van der Waals surface area contributed by atoms with Crippen molar-refractivity contribution in [2.75, 3.05) is 17.3 Å². The summed E-state index contributed by atoms with van der Waals surface area (Å²) in [6.45, 7) is 6.04. The van der Waals surface area contributed by atoms with Crippen molar-refractivity contribution in [1.82, 2.24) is 4.90 Å².